The van der Waals surface area contributed by atoms with Crippen LogP contribution in [0.1, 0.15) is 41.1 Å². The number of fused-ring (bicyclic) bond motifs is 1. The Morgan fingerprint density at radius 1 is 1.32 bits per heavy atom. The molecule has 1 aromatic heterocycles. The van der Waals surface area contributed by atoms with Crippen LogP contribution in [-0.4, -0.2) is 4.98 Å². The van der Waals surface area contributed by atoms with Gasteiger partial charge in [-0.1, -0.05) is 18.2 Å². The van der Waals surface area contributed by atoms with E-state index in [0.717, 1.165) is 30.5 Å². The minimum Gasteiger partial charge on any atom is -0.326 e. The molecule has 2 N–H and O–H groups in total. The molecule has 2 nitrogen and oxygen atoms in total. The van der Waals surface area contributed by atoms with E-state index in [1.807, 2.05) is 18.3 Å². The Balaban J connectivity index is 2.02. The maximum atomic E-state index is 13.9. The zero-order valence-corrected chi connectivity index (χ0v) is 10.8. The standard InChI is InChI=1S/C16H17FN2/c17-15-9-12(6-7-13(15)10-18)14-5-1-3-11-4-2-8-19-16(11)14/h2,4,6-9,14H,1,3,5,10,18H2. The van der Waals surface area contributed by atoms with Gasteiger partial charge in [0.25, 0.3) is 0 Å². The molecule has 1 aromatic carbocycles. The molecular formula is C16H17FN2. The molecular weight excluding hydrogens is 239 g/mol. The van der Waals surface area contributed by atoms with Crippen LogP contribution in [0, 0.1) is 5.82 Å². The fraction of sp³-hybridized carbons (Fsp3) is 0.312. The van der Waals surface area contributed by atoms with Gasteiger partial charge in [-0.05, 0) is 42.5 Å². The van der Waals surface area contributed by atoms with Crippen LogP contribution >= 0.6 is 0 Å². The lowest BCUT2D eigenvalue weighted by Gasteiger charge is -2.24. The third-order valence-corrected chi connectivity index (χ3v) is 3.89. The molecule has 0 saturated carbocycles. The molecule has 0 spiro atoms. The molecule has 1 atom stereocenters. The third kappa shape index (κ3) is 2.26. The van der Waals surface area contributed by atoms with Gasteiger partial charge >= 0.3 is 0 Å². The van der Waals surface area contributed by atoms with E-state index in [1.54, 1.807) is 12.1 Å². The lowest BCUT2D eigenvalue weighted by molar-refractivity contribution is 0.580. The first-order chi connectivity index (χ1) is 9.29. The Bertz CT molecular complexity index is 595. The van der Waals surface area contributed by atoms with Gasteiger partial charge < -0.3 is 5.73 Å². The summed E-state index contributed by atoms with van der Waals surface area (Å²) < 4.78 is 13.9. The summed E-state index contributed by atoms with van der Waals surface area (Å²) >= 11 is 0. The van der Waals surface area contributed by atoms with Crippen molar-refractivity contribution in [3.05, 3.63) is 64.7 Å². The molecule has 3 rings (SSSR count). The van der Waals surface area contributed by atoms with Crippen LogP contribution in [0.25, 0.3) is 0 Å². The van der Waals surface area contributed by atoms with Crippen molar-refractivity contribution in [2.24, 2.45) is 5.73 Å². The van der Waals surface area contributed by atoms with Crippen LogP contribution in [-0.2, 0) is 13.0 Å². The van der Waals surface area contributed by atoms with Crippen molar-refractivity contribution in [3.8, 4) is 0 Å². The maximum absolute atomic E-state index is 13.9. The minimum absolute atomic E-state index is 0.206. The van der Waals surface area contributed by atoms with Crippen LogP contribution < -0.4 is 5.73 Å². The van der Waals surface area contributed by atoms with Gasteiger partial charge in [-0.15, -0.1) is 0 Å². The van der Waals surface area contributed by atoms with Crippen molar-refractivity contribution in [1.29, 1.82) is 0 Å². The zero-order valence-electron chi connectivity index (χ0n) is 10.8. The number of hydrogen-bond acceptors (Lipinski definition) is 2. The van der Waals surface area contributed by atoms with Crippen molar-refractivity contribution in [2.75, 3.05) is 0 Å². The molecule has 1 aliphatic carbocycles. The van der Waals surface area contributed by atoms with Crippen molar-refractivity contribution < 1.29 is 4.39 Å². The first-order valence-corrected chi connectivity index (χ1v) is 6.72. The number of halogens is 1. The molecule has 0 aliphatic heterocycles. The van der Waals surface area contributed by atoms with E-state index >= 15 is 0 Å². The lowest BCUT2D eigenvalue weighted by atomic mass is 9.82. The second-order valence-corrected chi connectivity index (χ2v) is 5.05. The Hall–Kier alpha value is -1.74. The molecule has 1 aliphatic rings. The second-order valence-electron chi connectivity index (χ2n) is 5.05. The number of pyridine rings is 1. The molecule has 1 unspecified atom stereocenters. The number of aromatic nitrogens is 1. The zero-order chi connectivity index (χ0) is 13.2. The lowest BCUT2D eigenvalue weighted by Crippen LogP contribution is -2.13. The van der Waals surface area contributed by atoms with Crippen LogP contribution in [0.5, 0.6) is 0 Å². The highest BCUT2D eigenvalue weighted by molar-refractivity contribution is 5.37. The van der Waals surface area contributed by atoms with Gasteiger partial charge in [-0.25, -0.2) is 4.39 Å². The molecule has 19 heavy (non-hydrogen) atoms. The number of aryl methyl sites for hydroxylation is 1. The van der Waals surface area contributed by atoms with E-state index in [4.69, 9.17) is 5.73 Å². The van der Waals surface area contributed by atoms with Crippen molar-refractivity contribution >= 4 is 0 Å². The largest absolute Gasteiger partial charge is 0.326 e. The number of benzene rings is 1. The minimum atomic E-state index is -0.206. The van der Waals surface area contributed by atoms with E-state index in [9.17, 15) is 4.39 Å². The van der Waals surface area contributed by atoms with Gasteiger partial charge in [0.2, 0.25) is 0 Å². The van der Waals surface area contributed by atoms with Crippen LogP contribution in [0.2, 0.25) is 0 Å². The first kappa shape index (κ1) is 12.3. The summed E-state index contributed by atoms with van der Waals surface area (Å²) in [6.07, 6.45) is 5.06. The molecule has 3 heteroatoms. The Kier molecular flexibility index (Phi) is 3.30. The average Bonchev–Trinajstić information content (AvgIpc) is 2.46. The van der Waals surface area contributed by atoms with Crippen LogP contribution in [0.3, 0.4) is 0 Å². The van der Waals surface area contributed by atoms with E-state index in [1.165, 1.54) is 5.56 Å². The van der Waals surface area contributed by atoms with Crippen molar-refractivity contribution in [1.82, 2.24) is 4.98 Å². The predicted octanol–water partition coefficient (Wildman–Crippen LogP) is 3.15. The summed E-state index contributed by atoms with van der Waals surface area (Å²) in [6, 6.07) is 9.50. The van der Waals surface area contributed by atoms with Crippen LogP contribution in [0.15, 0.2) is 36.5 Å². The highest BCUT2D eigenvalue weighted by atomic mass is 19.1. The SMILES string of the molecule is NCc1ccc(C2CCCc3cccnc32)cc1F. The Morgan fingerprint density at radius 3 is 3.00 bits per heavy atom. The molecule has 2 aromatic rings. The Morgan fingerprint density at radius 2 is 2.21 bits per heavy atom. The van der Waals surface area contributed by atoms with Gasteiger partial charge in [0.15, 0.2) is 0 Å². The van der Waals surface area contributed by atoms with E-state index < -0.39 is 0 Å². The molecule has 0 bridgehead atoms. The average molecular weight is 256 g/mol. The quantitative estimate of drug-likeness (QED) is 0.896. The molecule has 1 heterocycles. The van der Waals surface area contributed by atoms with Gasteiger partial charge in [-0.3, -0.25) is 4.98 Å². The normalized spacial score (nSPS) is 18.1. The summed E-state index contributed by atoms with van der Waals surface area (Å²) in [7, 11) is 0. The smallest absolute Gasteiger partial charge is 0.127 e. The predicted molar refractivity (Wildman–Crippen MR) is 73.3 cm³/mol. The molecule has 0 saturated heterocycles. The van der Waals surface area contributed by atoms with Crippen molar-refractivity contribution in [2.45, 2.75) is 31.7 Å². The number of rotatable bonds is 2. The summed E-state index contributed by atoms with van der Waals surface area (Å²) in [5, 5.41) is 0. The first-order valence-electron chi connectivity index (χ1n) is 6.72. The van der Waals surface area contributed by atoms with E-state index in [-0.39, 0.29) is 18.3 Å². The summed E-state index contributed by atoms with van der Waals surface area (Å²) in [5.74, 6) is 0.00864. The monoisotopic (exact) mass is 256 g/mol. The molecule has 98 valence electrons. The summed E-state index contributed by atoms with van der Waals surface area (Å²) in [4.78, 5) is 4.50. The number of nitrogens with zero attached hydrogens (tertiary/aromatic N) is 1. The van der Waals surface area contributed by atoms with Gasteiger partial charge in [0, 0.05) is 24.2 Å². The maximum Gasteiger partial charge on any atom is 0.127 e. The fourth-order valence-corrected chi connectivity index (χ4v) is 2.88. The van der Waals surface area contributed by atoms with E-state index in [0.29, 0.717) is 5.56 Å². The van der Waals surface area contributed by atoms with Gasteiger partial charge in [-0.2, -0.15) is 0 Å². The Labute approximate surface area is 112 Å². The fourth-order valence-electron chi connectivity index (χ4n) is 2.88. The molecule has 0 amide bonds. The second kappa shape index (κ2) is 5.10. The van der Waals surface area contributed by atoms with Gasteiger partial charge in [0.05, 0.1) is 5.69 Å². The summed E-state index contributed by atoms with van der Waals surface area (Å²) in [5.41, 5.74) is 9.48. The van der Waals surface area contributed by atoms with Gasteiger partial charge in [0.1, 0.15) is 5.82 Å². The van der Waals surface area contributed by atoms with E-state index in [2.05, 4.69) is 11.1 Å². The highest BCUT2D eigenvalue weighted by Gasteiger charge is 2.23. The molecule has 0 fully saturated rings. The number of hydrogen-bond donors (Lipinski definition) is 1. The van der Waals surface area contributed by atoms with Crippen LogP contribution in [0.4, 0.5) is 4.39 Å². The van der Waals surface area contributed by atoms with Crippen molar-refractivity contribution in [3.63, 3.8) is 0 Å². The topological polar surface area (TPSA) is 38.9 Å². The number of nitrogens with two attached hydrogens (primary N) is 1. The summed E-state index contributed by atoms with van der Waals surface area (Å²) in [6.45, 7) is 0.242. The highest BCUT2D eigenvalue weighted by Crippen LogP contribution is 2.35. The third-order valence-electron chi connectivity index (χ3n) is 3.89. The molecule has 0 radical (unpaired) electrons.